The maximum atomic E-state index is 13.1. The van der Waals surface area contributed by atoms with Gasteiger partial charge in [0.05, 0.1) is 10.4 Å². The molecule has 1 aromatic carbocycles. The molecule has 1 aliphatic carbocycles. The van der Waals surface area contributed by atoms with Gasteiger partial charge >= 0.3 is 0 Å². The minimum Gasteiger partial charge on any atom is -0.508 e. The van der Waals surface area contributed by atoms with E-state index in [1.165, 1.54) is 33.6 Å². The predicted molar refractivity (Wildman–Crippen MR) is 114 cm³/mol. The standard InChI is InChI=1S/C21H20N2O3S2/c1-12-7-8-15-17(10-12)28-21(23-19(25)16-6-3-9-27-16)18(15)20(26)22-13-4-2-5-14(24)11-13/h2-6,9,11-12,24H,7-8,10H2,1H3,(H,22,26)(H,23,25)/t12-/m1/s1. The number of benzene rings is 1. The van der Waals surface area contributed by atoms with Crippen LogP contribution in [0.4, 0.5) is 10.7 Å². The summed E-state index contributed by atoms with van der Waals surface area (Å²) in [4.78, 5) is 27.4. The van der Waals surface area contributed by atoms with E-state index in [1.54, 1.807) is 24.3 Å². The smallest absolute Gasteiger partial charge is 0.266 e. The van der Waals surface area contributed by atoms with Crippen molar-refractivity contribution in [1.82, 2.24) is 0 Å². The summed E-state index contributed by atoms with van der Waals surface area (Å²) in [5.41, 5.74) is 2.09. The van der Waals surface area contributed by atoms with Gasteiger partial charge in [-0.15, -0.1) is 22.7 Å². The van der Waals surface area contributed by atoms with Crippen molar-refractivity contribution in [3.63, 3.8) is 0 Å². The summed E-state index contributed by atoms with van der Waals surface area (Å²) < 4.78 is 0. The van der Waals surface area contributed by atoms with Crippen LogP contribution in [0.1, 0.15) is 43.8 Å². The molecule has 3 aromatic rings. The highest BCUT2D eigenvalue weighted by Crippen LogP contribution is 2.40. The van der Waals surface area contributed by atoms with Gasteiger partial charge in [-0.2, -0.15) is 0 Å². The average molecular weight is 413 g/mol. The van der Waals surface area contributed by atoms with E-state index in [1.807, 2.05) is 11.4 Å². The van der Waals surface area contributed by atoms with Crippen LogP contribution in [0.5, 0.6) is 5.75 Å². The van der Waals surface area contributed by atoms with Gasteiger partial charge in [0, 0.05) is 16.6 Å². The Balaban J connectivity index is 1.67. The average Bonchev–Trinajstić information content (AvgIpc) is 3.29. The van der Waals surface area contributed by atoms with Gasteiger partial charge in [-0.05, 0) is 54.3 Å². The van der Waals surface area contributed by atoms with Gasteiger partial charge in [0.15, 0.2) is 0 Å². The zero-order chi connectivity index (χ0) is 19.7. The second-order valence-electron chi connectivity index (χ2n) is 6.99. The summed E-state index contributed by atoms with van der Waals surface area (Å²) in [7, 11) is 0. The number of aromatic hydroxyl groups is 1. The van der Waals surface area contributed by atoms with E-state index in [9.17, 15) is 14.7 Å². The normalized spacial score (nSPS) is 15.7. The summed E-state index contributed by atoms with van der Waals surface area (Å²) >= 11 is 2.86. The van der Waals surface area contributed by atoms with E-state index in [2.05, 4.69) is 17.6 Å². The van der Waals surface area contributed by atoms with Gasteiger partial charge in [0.25, 0.3) is 11.8 Å². The minimum atomic E-state index is -0.265. The first-order valence-electron chi connectivity index (χ1n) is 9.11. The first-order chi connectivity index (χ1) is 13.5. The topological polar surface area (TPSA) is 78.4 Å². The number of nitrogens with one attached hydrogen (secondary N) is 2. The number of thiophene rings is 2. The van der Waals surface area contributed by atoms with Gasteiger partial charge in [-0.1, -0.05) is 19.1 Å². The van der Waals surface area contributed by atoms with E-state index in [-0.39, 0.29) is 17.6 Å². The zero-order valence-electron chi connectivity index (χ0n) is 15.3. The van der Waals surface area contributed by atoms with E-state index >= 15 is 0 Å². The van der Waals surface area contributed by atoms with Crippen molar-refractivity contribution < 1.29 is 14.7 Å². The van der Waals surface area contributed by atoms with Crippen LogP contribution in [-0.4, -0.2) is 16.9 Å². The van der Waals surface area contributed by atoms with Crippen molar-refractivity contribution in [3.8, 4) is 5.75 Å². The Morgan fingerprint density at radius 1 is 1.14 bits per heavy atom. The van der Waals surface area contributed by atoms with E-state index in [4.69, 9.17) is 0 Å². The molecule has 0 unspecified atom stereocenters. The Kier molecular flexibility index (Phi) is 5.19. The van der Waals surface area contributed by atoms with E-state index in [0.29, 0.717) is 27.0 Å². The monoisotopic (exact) mass is 412 g/mol. The second kappa shape index (κ2) is 7.77. The number of carbonyl (C=O) groups is 2. The molecule has 1 aliphatic rings. The molecule has 2 heterocycles. The number of fused-ring (bicyclic) bond motifs is 1. The molecule has 5 nitrogen and oxygen atoms in total. The number of phenolic OH excluding ortho intramolecular Hbond substituents is 1. The maximum absolute atomic E-state index is 13.1. The van der Waals surface area contributed by atoms with Crippen LogP contribution in [0.2, 0.25) is 0 Å². The molecule has 0 spiro atoms. The number of hydrogen-bond acceptors (Lipinski definition) is 5. The van der Waals surface area contributed by atoms with Crippen LogP contribution in [0.25, 0.3) is 0 Å². The number of carbonyl (C=O) groups excluding carboxylic acids is 2. The zero-order valence-corrected chi connectivity index (χ0v) is 17.0. The molecule has 3 N–H and O–H groups in total. The van der Waals surface area contributed by atoms with E-state index < -0.39 is 0 Å². The van der Waals surface area contributed by atoms with Crippen LogP contribution in [0.15, 0.2) is 41.8 Å². The van der Waals surface area contributed by atoms with Crippen LogP contribution in [-0.2, 0) is 12.8 Å². The van der Waals surface area contributed by atoms with Crippen molar-refractivity contribution in [3.05, 3.63) is 62.7 Å². The summed E-state index contributed by atoms with van der Waals surface area (Å²) in [5, 5.41) is 17.9. The van der Waals surface area contributed by atoms with Gasteiger partial charge in [0.1, 0.15) is 10.8 Å². The largest absolute Gasteiger partial charge is 0.508 e. The fourth-order valence-electron chi connectivity index (χ4n) is 3.43. The van der Waals surface area contributed by atoms with Crippen molar-refractivity contribution >= 4 is 45.2 Å². The number of phenols is 1. The fourth-order valence-corrected chi connectivity index (χ4v) is 5.45. The third-order valence-electron chi connectivity index (χ3n) is 4.81. The molecule has 0 bridgehead atoms. The minimum absolute atomic E-state index is 0.0881. The van der Waals surface area contributed by atoms with Crippen LogP contribution < -0.4 is 10.6 Å². The number of hydrogen-bond donors (Lipinski definition) is 3. The molecule has 7 heteroatoms. The molecule has 0 fully saturated rings. The molecular formula is C21H20N2O3S2. The van der Waals surface area contributed by atoms with Crippen LogP contribution in [0, 0.1) is 5.92 Å². The summed E-state index contributed by atoms with van der Waals surface area (Å²) in [6.45, 7) is 2.21. The number of amides is 2. The predicted octanol–water partition coefficient (Wildman–Crippen LogP) is 5.14. The van der Waals surface area contributed by atoms with Crippen LogP contribution >= 0.6 is 22.7 Å². The van der Waals surface area contributed by atoms with E-state index in [0.717, 1.165) is 24.8 Å². The molecular weight excluding hydrogens is 392 g/mol. The Labute approximate surface area is 171 Å². The van der Waals surface area contributed by atoms with Crippen molar-refractivity contribution in [2.75, 3.05) is 10.6 Å². The number of rotatable bonds is 4. The van der Waals surface area contributed by atoms with Gasteiger partial charge in [-0.3, -0.25) is 9.59 Å². The number of anilines is 2. The SMILES string of the molecule is C[C@@H]1CCc2c(sc(NC(=O)c3cccs3)c2C(=O)Nc2cccc(O)c2)C1. The Bertz CT molecular complexity index is 1020. The molecule has 144 valence electrons. The Morgan fingerprint density at radius 3 is 2.75 bits per heavy atom. The van der Waals surface area contributed by atoms with Gasteiger partial charge in [-0.25, -0.2) is 0 Å². The summed E-state index contributed by atoms with van der Waals surface area (Å²) in [5.74, 6) is 0.186. The molecule has 0 saturated heterocycles. The molecule has 2 aromatic heterocycles. The van der Waals surface area contributed by atoms with Crippen molar-refractivity contribution in [2.24, 2.45) is 5.92 Å². The van der Waals surface area contributed by atoms with Crippen molar-refractivity contribution in [1.29, 1.82) is 0 Å². The summed E-state index contributed by atoms with van der Waals surface area (Å²) in [6, 6.07) is 10.1. The highest BCUT2D eigenvalue weighted by molar-refractivity contribution is 7.17. The molecule has 2 amide bonds. The Hall–Kier alpha value is -2.64. The first-order valence-corrected chi connectivity index (χ1v) is 10.8. The lowest BCUT2D eigenvalue weighted by atomic mass is 9.88. The van der Waals surface area contributed by atoms with Crippen LogP contribution in [0.3, 0.4) is 0 Å². The first kappa shape index (κ1) is 18.7. The van der Waals surface area contributed by atoms with Gasteiger partial charge in [0.2, 0.25) is 0 Å². The summed E-state index contributed by atoms with van der Waals surface area (Å²) in [6.07, 6.45) is 2.76. The maximum Gasteiger partial charge on any atom is 0.266 e. The van der Waals surface area contributed by atoms with Gasteiger partial charge < -0.3 is 15.7 Å². The quantitative estimate of drug-likeness (QED) is 0.555. The molecule has 0 saturated carbocycles. The third-order valence-corrected chi connectivity index (χ3v) is 6.85. The lowest BCUT2D eigenvalue weighted by Gasteiger charge is -2.18. The Morgan fingerprint density at radius 2 is 2.00 bits per heavy atom. The molecule has 0 aliphatic heterocycles. The van der Waals surface area contributed by atoms with Crippen molar-refractivity contribution in [2.45, 2.75) is 26.2 Å². The highest BCUT2D eigenvalue weighted by Gasteiger charge is 2.28. The third kappa shape index (κ3) is 3.81. The molecule has 0 radical (unpaired) electrons. The lowest BCUT2D eigenvalue weighted by molar-refractivity contribution is 0.102. The lowest BCUT2D eigenvalue weighted by Crippen LogP contribution is -2.19. The fraction of sp³-hybridized carbons (Fsp3) is 0.238. The second-order valence-corrected chi connectivity index (χ2v) is 9.04. The molecule has 28 heavy (non-hydrogen) atoms. The molecule has 4 rings (SSSR count). The highest BCUT2D eigenvalue weighted by atomic mass is 32.1. The molecule has 1 atom stereocenters.